The van der Waals surface area contributed by atoms with E-state index in [9.17, 15) is 0 Å². The van der Waals surface area contributed by atoms with Crippen LogP contribution < -0.4 is 5.32 Å². The molecule has 68 valence electrons. The molecule has 1 aliphatic rings. The summed E-state index contributed by atoms with van der Waals surface area (Å²) >= 11 is 5.11. The van der Waals surface area contributed by atoms with Gasteiger partial charge in [-0.25, -0.2) is 4.98 Å². The van der Waals surface area contributed by atoms with Crippen LogP contribution in [0.15, 0.2) is 3.92 Å². The highest BCUT2D eigenvalue weighted by atomic mass is 79.9. The van der Waals surface area contributed by atoms with Gasteiger partial charge in [0.05, 0.1) is 5.69 Å². The fourth-order valence-electron chi connectivity index (χ4n) is 1.09. The molecule has 2 rings (SSSR count). The maximum atomic E-state index is 4.35. The molecule has 2 nitrogen and oxygen atoms in total. The average molecular weight is 249 g/mol. The number of thiazole rings is 1. The monoisotopic (exact) mass is 248 g/mol. The number of fused-ring (bicyclic) bond motifs is 1. The van der Waals surface area contributed by atoms with Crippen molar-refractivity contribution in [3.8, 4) is 0 Å². The molecule has 1 aliphatic heterocycles. The minimum atomic E-state index is 0.999. The highest BCUT2D eigenvalue weighted by Crippen LogP contribution is 2.24. The molecule has 0 saturated heterocycles. The number of rotatable bonds is 0. The van der Waals surface area contributed by atoms with Crippen LogP contribution in [0.5, 0.6) is 0 Å². The standard InChI is InChI=1S/C6H7BrN2S.C2H6/c7-6-9-4-1-2-8-3-5(4)10-6;1-2/h8H,1-3H2;1-2H3. The van der Waals surface area contributed by atoms with Crippen molar-refractivity contribution in [2.24, 2.45) is 0 Å². The zero-order chi connectivity index (χ0) is 8.97. The third-order valence-electron chi connectivity index (χ3n) is 1.58. The van der Waals surface area contributed by atoms with E-state index < -0.39 is 0 Å². The second kappa shape index (κ2) is 4.94. The third kappa shape index (κ3) is 2.28. The molecule has 1 N–H and O–H groups in total. The fourth-order valence-corrected chi connectivity index (χ4v) is 2.69. The molecule has 0 radical (unpaired) electrons. The molecule has 0 amide bonds. The van der Waals surface area contributed by atoms with E-state index in [0.29, 0.717) is 0 Å². The number of halogens is 1. The summed E-state index contributed by atoms with van der Waals surface area (Å²) in [5, 5.41) is 3.30. The lowest BCUT2D eigenvalue weighted by atomic mass is 10.2. The molecule has 0 unspecified atom stereocenters. The van der Waals surface area contributed by atoms with E-state index in [4.69, 9.17) is 0 Å². The lowest BCUT2D eigenvalue weighted by Crippen LogP contribution is -2.22. The summed E-state index contributed by atoms with van der Waals surface area (Å²) in [4.78, 5) is 5.73. The smallest absolute Gasteiger partial charge is 0.159 e. The Morgan fingerprint density at radius 1 is 1.50 bits per heavy atom. The summed E-state index contributed by atoms with van der Waals surface area (Å²) in [6, 6.07) is 0. The minimum absolute atomic E-state index is 0.999. The SMILES string of the molecule is Brc1nc2c(s1)CNCC2.CC. The van der Waals surface area contributed by atoms with Gasteiger partial charge in [0, 0.05) is 24.4 Å². The second-order valence-corrected chi connectivity index (χ2v) is 4.62. The Morgan fingerprint density at radius 3 is 2.92 bits per heavy atom. The highest BCUT2D eigenvalue weighted by molar-refractivity contribution is 9.11. The Balaban J connectivity index is 0.000000336. The van der Waals surface area contributed by atoms with E-state index in [1.54, 1.807) is 11.3 Å². The zero-order valence-electron chi connectivity index (χ0n) is 7.35. The minimum Gasteiger partial charge on any atom is -0.311 e. The Hall–Kier alpha value is 0.0700. The number of aromatic nitrogens is 1. The Kier molecular flexibility index (Phi) is 4.18. The van der Waals surface area contributed by atoms with E-state index in [1.807, 2.05) is 13.8 Å². The summed E-state index contributed by atoms with van der Waals surface area (Å²) in [6.45, 7) is 6.07. The fraction of sp³-hybridized carbons (Fsp3) is 0.625. The predicted molar refractivity (Wildman–Crippen MR) is 56.6 cm³/mol. The predicted octanol–water partition coefficient (Wildman–Crippen LogP) is 2.58. The molecule has 0 bridgehead atoms. The van der Waals surface area contributed by atoms with Crippen LogP contribution in [0.25, 0.3) is 0 Å². The lowest BCUT2D eigenvalue weighted by molar-refractivity contribution is 0.643. The van der Waals surface area contributed by atoms with Gasteiger partial charge in [0.15, 0.2) is 3.92 Å². The Morgan fingerprint density at radius 2 is 2.25 bits per heavy atom. The van der Waals surface area contributed by atoms with E-state index in [-0.39, 0.29) is 0 Å². The van der Waals surface area contributed by atoms with Crippen molar-refractivity contribution in [3.63, 3.8) is 0 Å². The number of hydrogen-bond acceptors (Lipinski definition) is 3. The van der Waals surface area contributed by atoms with Gasteiger partial charge in [0.25, 0.3) is 0 Å². The lowest BCUT2D eigenvalue weighted by Gasteiger charge is -2.09. The molecule has 1 aromatic rings. The van der Waals surface area contributed by atoms with E-state index in [2.05, 4.69) is 26.2 Å². The first-order valence-electron chi connectivity index (χ1n) is 4.21. The first-order chi connectivity index (χ1) is 5.86. The van der Waals surface area contributed by atoms with Crippen molar-refractivity contribution in [2.75, 3.05) is 6.54 Å². The van der Waals surface area contributed by atoms with Gasteiger partial charge in [0.1, 0.15) is 0 Å². The van der Waals surface area contributed by atoms with Crippen LogP contribution in [0.3, 0.4) is 0 Å². The number of hydrogen-bond donors (Lipinski definition) is 1. The Bertz CT molecular complexity index is 224. The van der Waals surface area contributed by atoms with Crippen molar-refractivity contribution in [1.82, 2.24) is 10.3 Å². The number of nitrogens with one attached hydrogen (secondary N) is 1. The van der Waals surface area contributed by atoms with Crippen molar-refractivity contribution in [1.29, 1.82) is 0 Å². The van der Waals surface area contributed by atoms with E-state index in [0.717, 1.165) is 23.4 Å². The van der Waals surface area contributed by atoms with Crippen LogP contribution >= 0.6 is 27.3 Å². The van der Waals surface area contributed by atoms with Crippen LogP contribution in [-0.4, -0.2) is 11.5 Å². The van der Waals surface area contributed by atoms with Gasteiger partial charge in [-0.05, 0) is 15.9 Å². The first-order valence-corrected chi connectivity index (χ1v) is 5.82. The van der Waals surface area contributed by atoms with E-state index >= 15 is 0 Å². The highest BCUT2D eigenvalue weighted by Gasteiger charge is 2.12. The van der Waals surface area contributed by atoms with Gasteiger partial charge in [-0.3, -0.25) is 0 Å². The Labute approximate surface area is 85.5 Å². The average Bonchev–Trinajstić information content (AvgIpc) is 2.48. The second-order valence-electron chi connectivity index (χ2n) is 2.26. The van der Waals surface area contributed by atoms with Crippen LogP contribution in [0.2, 0.25) is 0 Å². The molecule has 4 heteroatoms. The third-order valence-corrected chi connectivity index (χ3v) is 3.13. The largest absolute Gasteiger partial charge is 0.311 e. The van der Waals surface area contributed by atoms with Gasteiger partial charge in [-0.15, -0.1) is 11.3 Å². The molecule has 12 heavy (non-hydrogen) atoms. The summed E-state index contributed by atoms with van der Waals surface area (Å²) in [5.74, 6) is 0. The van der Waals surface area contributed by atoms with E-state index in [1.165, 1.54) is 10.6 Å². The maximum absolute atomic E-state index is 4.35. The van der Waals surface area contributed by atoms with Gasteiger partial charge in [0.2, 0.25) is 0 Å². The quantitative estimate of drug-likeness (QED) is 0.764. The van der Waals surface area contributed by atoms with Gasteiger partial charge >= 0.3 is 0 Å². The van der Waals surface area contributed by atoms with Gasteiger partial charge in [-0.1, -0.05) is 13.8 Å². The van der Waals surface area contributed by atoms with Crippen LogP contribution in [0, 0.1) is 0 Å². The molecule has 0 saturated carbocycles. The van der Waals surface area contributed by atoms with Crippen molar-refractivity contribution >= 4 is 27.3 Å². The molecule has 0 aliphatic carbocycles. The van der Waals surface area contributed by atoms with Crippen molar-refractivity contribution in [3.05, 3.63) is 14.5 Å². The summed E-state index contributed by atoms with van der Waals surface area (Å²) < 4.78 is 1.02. The first kappa shape index (κ1) is 10.2. The normalized spacial score (nSPS) is 14.6. The molecule has 0 atom stereocenters. The molecule has 0 spiro atoms. The van der Waals surface area contributed by atoms with Gasteiger partial charge in [-0.2, -0.15) is 0 Å². The van der Waals surface area contributed by atoms with Gasteiger partial charge < -0.3 is 5.32 Å². The summed E-state index contributed by atoms with van der Waals surface area (Å²) in [6.07, 6.45) is 1.08. The molecule has 0 aromatic carbocycles. The number of nitrogens with zero attached hydrogens (tertiary/aromatic N) is 1. The van der Waals surface area contributed by atoms with Crippen molar-refractivity contribution in [2.45, 2.75) is 26.8 Å². The van der Waals surface area contributed by atoms with Crippen LogP contribution in [0.4, 0.5) is 0 Å². The molecule has 2 heterocycles. The topological polar surface area (TPSA) is 24.9 Å². The van der Waals surface area contributed by atoms with Crippen LogP contribution in [-0.2, 0) is 13.0 Å². The van der Waals surface area contributed by atoms with Crippen LogP contribution in [0.1, 0.15) is 24.4 Å². The zero-order valence-corrected chi connectivity index (χ0v) is 9.76. The van der Waals surface area contributed by atoms with Crippen molar-refractivity contribution < 1.29 is 0 Å². The molecular weight excluding hydrogens is 236 g/mol. The molecular formula is C8H13BrN2S. The molecule has 0 fully saturated rings. The summed E-state index contributed by atoms with van der Waals surface area (Å²) in [5.41, 5.74) is 1.27. The molecule has 1 aromatic heterocycles. The summed E-state index contributed by atoms with van der Waals surface area (Å²) in [7, 11) is 0. The maximum Gasteiger partial charge on any atom is 0.159 e.